The number of thioether (sulfide) groups is 1. The quantitative estimate of drug-likeness (QED) is 0.609. The Labute approximate surface area is 146 Å². The van der Waals surface area contributed by atoms with Crippen molar-refractivity contribution in [2.45, 2.75) is 88.9 Å². The van der Waals surface area contributed by atoms with Gasteiger partial charge in [-0.3, -0.25) is 0 Å². The van der Waals surface area contributed by atoms with Gasteiger partial charge in [-0.25, -0.2) is 0 Å². The highest BCUT2D eigenvalue weighted by atomic mass is 32.2. The summed E-state index contributed by atoms with van der Waals surface area (Å²) in [6, 6.07) is 0. The van der Waals surface area contributed by atoms with Crippen LogP contribution in [0.4, 0.5) is 0 Å². The van der Waals surface area contributed by atoms with Gasteiger partial charge in [-0.1, -0.05) is 13.8 Å². The van der Waals surface area contributed by atoms with Crippen molar-refractivity contribution in [1.82, 2.24) is 0 Å². The molecule has 0 aromatic carbocycles. The molecular formula is C21H34OS. The minimum Gasteiger partial charge on any atom is -0.390 e. The Morgan fingerprint density at radius 1 is 0.870 bits per heavy atom. The Hall–Kier alpha value is 0.310. The molecule has 0 aromatic heterocycles. The molecule has 4 aliphatic carbocycles. The molecule has 2 heteroatoms. The maximum atomic E-state index is 11.0. The lowest BCUT2D eigenvalue weighted by atomic mass is 9.44. The second-order valence-electron chi connectivity index (χ2n) is 10.6. The monoisotopic (exact) mass is 334 g/mol. The van der Waals surface area contributed by atoms with Crippen LogP contribution in [0.25, 0.3) is 0 Å². The average Bonchev–Trinajstić information content (AvgIpc) is 3.21. The number of rotatable bonds is 0. The van der Waals surface area contributed by atoms with Crippen molar-refractivity contribution in [3.63, 3.8) is 0 Å². The smallest absolute Gasteiger partial charge is 0.0675 e. The van der Waals surface area contributed by atoms with E-state index in [1.54, 1.807) is 0 Å². The Kier molecular flexibility index (Phi) is 3.06. The average molecular weight is 335 g/mol. The first-order valence-electron chi connectivity index (χ1n) is 10.2. The maximum absolute atomic E-state index is 11.0. The zero-order valence-electron chi connectivity index (χ0n) is 15.2. The van der Waals surface area contributed by atoms with Crippen molar-refractivity contribution in [1.29, 1.82) is 0 Å². The van der Waals surface area contributed by atoms with Gasteiger partial charge in [0, 0.05) is 10.5 Å². The molecule has 0 amide bonds. The lowest BCUT2D eigenvalue weighted by Crippen LogP contribution is -2.56. The molecule has 0 unspecified atom stereocenters. The second-order valence-corrected chi connectivity index (χ2v) is 12.0. The molecule has 1 N–H and O–H groups in total. The Bertz CT molecular complexity index is 524. The molecule has 0 bridgehead atoms. The van der Waals surface area contributed by atoms with Crippen molar-refractivity contribution in [2.75, 3.05) is 5.75 Å². The molecule has 5 rings (SSSR count). The van der Waals surface area contributed by atoms with Crippen LogP contribution in [0, 0.1) is 34.5 Å². The van der Waals surface area contributed by atoms with E-state index in [1.807, 2.05) is 0 Å². The van der Waals surface area contributed by atoms with Crippen LogP contribution >= 0.6 is 11.8 Å². The molecule has 23 heavy (non-hydrogen) atoms. The van der Waals surface area contributed by atoms with E-state index in [2.05, 4.69) is 32.5 Å². The highest BCUT2D eigenvalue weighted by Gasteiger charge is 2.64. The van der Waals surface area contributed by atoms with Gasteiger partial charge < -0.3 is 5.11 Å². The van der Waals surface area contributed by atoms with Crippen LogP contribution < -0.4 is 0 Å². The molecule has 1 heterocycles. The first kappa shape index (κ1) is 15.6. The van der Waals surface area contributed by atoms with Gasteiger partial charge in [0.15, 0.2) is 0 Å². The van der Waals surface area contributed by atoms with E-state index in [4.69, 9.17) is 0 Å². The van der Waals surface area contributed by atoms with E-state index in [1.165, 1.54) is 57.1 Å². The van der Waals surface area contributed by atoms with Gasteiger partial charge in [0.2, 0.25) is 0 Å². The molecule has 1 nitrogen and oxygen atoms in total. The van der Waals surface area contributed by atoms with Crippen molar-refractivity contribution >= 4 is 11.8 Å². The standard InChI is InChI=1S/C21H34OS/c1-18-10-11-21(13-23-21)12-14(18)4-5-15-16(18)6-8-19(2)17(15)7-9-20(19,3)22/h14-17,22H,4-13H2,1-3H3/t14-,15+,16-,17+,18-,19-,20-,21+/m0/s1. The Morgan fingerprint density at radius 3 is 2.35 bits per heavy atom. The lowest BCUT2D eigenvalue weighted by Gasteiger charge is -2.61. The molecule has 130 valence electrons. The predicted molar refractivity (Wildman–Crippen MR) is 97.5 cm³/mol. The molecule has 0 aromatic rings. The van der Waals surface area contributed by atoms with Gasteiger partial charge in [0.1, 0.15) is 0 Å². The summed E-state index contributed by atoms with van der Waals surface area (Å²) in [5.41, 5.74) is 0.397. The van der Waals surface area contributed by atoms with Gasteiger partial charge in [-0.15, -0.1) is 0 Å². The fourth-order valence-electron chi connectivity index (χ4n) is 7.92. The van der Waals surface area contributed by atoms with E-state index in [0.717, 1.165) is 34.8 Å². The van der Waals surface area contributed by atoms with Gasteiger partial charge in [-0.05, 0) is 99.2 Å². The van der Waals surface area contributed by atoms with Crippen LogP contribution in [0.15, 0.2) is 0 Å². The van der Waals surface area contributed by atoms with Crippen molar-refractivity contribution < 1.29 is 5.11 Å². The molecule has 8 atom stereocenters. The molecule has 0 radical (unpaired) electrons. The number of hydrogen-bond donors (Lipinski definition) is 1. The van der Waals surface area contributed by atoms with Crippen LogP contribution in [-0.4, -0.2) is 21.2 Å². The van der Waals surface area contributed by atoms with E-state index < -0.39 is 5.60 Å². The maximum Gasteiger partial charge on any atom is 0.0675 e. The van der Waals surface area contributed by atoms with E-state index in [9.17, 15) is 5.11 Å². The lowest BCUT2D eigenvalue weighted by molar-refractivity contribution is -0.146. The fraction of sp³-hybridized carbons (Fsp3) is 1.00. The largest absolute Gasteiger partial charge is 0.390 e. The Balaban J connectivity index is 1.45. The Morgan fingerprint density at radius 2 is 1.61 bits per heavy atom. The van der Waals surface area contributed by atoms with E-state index >= 15 is 0 Å². The third kappa shape index (κ3) is 1.92. The van der Waals surface area contributed by atoms with E-state index in [0.29, 0.717) is 5.41 Å². The highest BCUT2D eigenvalue weighted by Crippen LogP contribution is 2.71. The SMILES string of the molecule is C[C@]12CC[C@]3(CS3)C[C@@H]1CC[C@H]1[C@H]3CC[C@](C)(O)[C@@]3(C)CC[C@@H]12. The molecule has 5 aliphatic rings. The highest BCUT2D eigenvalue weighted by molar-refractivity contribution is 8.07. The molecule has 4 saturated carbocycles. The van der Waals surface area contributed by atoms with Gasteiger partial charge in [0.25, 0.3) is 0 Å². The molecule has 5 fully saturated rings. The van der Waals surface area contributed by atoms with E-state index in [-0.39, 0.29) is 5.41 Å². The van der Waals surface area contributed by atoms with Crippen LogP contribution in [0.1, 0.15) is 78.6 Å². The summed E-state index contributed by atoms with van der Waals surface area (Å²) >= 11 is 2.26. The van der Waals surface area contributed by atoms with Crippen LogP contribution in [0.5, 0.6) is 0 Å². The minimum absolute atomic E-state index is 0.194. The first-order chi connectivity index (χ1) is 10.8. The molecular weight excluding hydrogens is 300 g/mol. The number of hydrogen-bond acceptors (Lipinski definition) is 2. The summed E-state index contributed by atoms with van der Waals surface area (Å²) in [7, 11) is 0. The van der Waals surface area contributed by atoms with Crippen molar-refractivity contribution in [3.05, 3.63) is 0 Å². The zero-order valence-corrected chi connectivity index (χ0v) is 16.1. The second kappa shape index (κ2) is 4.53. The summed E-state index contributed by atoms with van der Waals surface area (Å²) in [6.07, 6.45) is 12.4. The van der Waals surface area contributed by atoms with Crippen LogP contribution in [-0.2, 0) is 0 Å². The van der Waals surface area contributed by atoms with Crippen molar-refractivity contribution in [3.8, 4) is 0 Å². The topological polar surface area (TPSA) is 20.2 Å². The first-order valence-corrected chi connectivity index (χ1v) is 11.1. The molecule has 1 aliphatic heterocycles. The van der Waals surface area contributed by atoms with Gasteiger partial charge in [-0.2, -0.15) is 11.8 Å². The zero-order chi connectivity index (χ0) is 16.1. The van der Waals surface area contributed by atoms with Gasteiger partial charge >= 0.3 is 0 Å². The normalized spacial score (nSPS) is 64.2. The van der Waals surface area contributed by atoms with Gasteiger partial charge in [0.05, 0.1) is 5.60 Å². The predicted octanol–water partition coefficient (Wildman–Crippen LogP) is 5.27. The number of aliphatic hydroxyl groups is 1. The minimum atomic E-state index is -0.415. The molecule has 1 saturated heterocycles. The summed E-state index contributed by atoms with van der Waals surface area (Å²) < 4.78 is 0.733. The summed E-state index contributed by atoms with van der Waals surface area (Å²) in [6.45, 7) is 7.23. The molecule has 1 spiro atoms. The summed E-state index contributed by atoms with van der Waals surface area (Å²) in [5.74, 6) is 5.11. The third-order valence-corrected chi connectivity index (χ3v) is 11.4. The number of fused-ring (bicyclic) bond motifs is 5. The van der Waals surface area contributed by atoms with Crippen LogP contribution in [0.2, 0.25) is 0 Å². The summed E-state index contributed by atoms with van der Waals surface area (Å²) in [4.78, 5) is 0. The van der Waals surface area contributed by atoms with Crippen LogP contribution in [0.3, 0.4) is 0 Å². The summed E-state index contributed by atoms with van der Waals surface area (Å²) in [5, 5.41) is 11.0. The third-order valence-electron chi connectivity index (χ3n) is 9.92. The fourth-order valence-corrected chi connectivity index (χ4v) is 8.95. The van der Waals surface area contributed by atoms with Crippen molar-refractivity contribution in [2.24, 2.45) is 34.5 Å².